The molecule has 0 saturated heterocycles. The molecule has 1 N–H and O–H groups in total. The third-order valence-electron chi connectivity index (χ3n) is 2.55. The number of hydrogen-bond donors (Lipinski definition) is 1. The van der Waals surface area contributed by atoms with E-state index in [1.165, 1.54) is 0 Å². The van der Waals surface area contributed by atoms with Gasteiger partial charge in [-0.05, 0) is 12.3 Å². The summed E-state index contributed by atoms with van der Waals surface area (Å²) < 4.78 is 5.55. The van der Waals surface area contributed by atoms with Crippen molar-refractivity contribution < 1.29 is 9.84 Å². The van der Waals surface area contributed by atoms with Crippen LogP contribution in [0.2, 0.25) is 0 Å². The molecule has 0 fully saturated rings. The Kier molecular flexibility index (Phi) is 6.38. The zero-order chi connectivity index (χ0) is 11.2. The minimum absolute atomic E-state index is 0.137. The molecule has 0 aromatic rings. The molecular weight excluding hydrogens is 176 g/mol. The largest absolute Gasteiger partial charge is 0.392 e. The highest BCUT2D eigenvalue weighted by atomic mass is 16.5. The molecule has 0 heterocycles. The summed E-state index contributed by atoms with van der Waals surface area (Å²) in [4.78, 5) is 0. The summed E-state index contributed by atoms with van der Waals surface area (Å²) in [6.45, 7) is 11.8. The molecule has 0 saturated carbocycles. The van der Waals surface area contributed by atoms with Crippen molar-refractivity contribution in [3.63, 3.8) is 0 Å². The number of ether oxygens (including phenoxy) is 1. The quantitative estimate of drug-likeness (QED) is 0.643. The van der Waals surface area contributed by atoms with Crippen LogP contribution in [0, 0.1) is 11.3 Å². The number of hydrogen-bond acceptors (Lipinski definition) is 2. The molecule has 2 heteroatoms. The Morgan fingerprint density at radius 1 is 1.29 bits per heavy atom. The molecule has 0 amide bonds. The van der Waals surface area contributed by atoms with Gasteiger partial charge in [0, 0.05) is 12.0 Å². The first kappa shape index (κ1) is 13.9. The van der Waals surface area contributed by atoms with Gasteiger partial charge in [0.05, 0.1) is 12.7 Å². The lowest BCUT2D eigenvalue weighted by molar-refractivity contribution is -0.0449. The molecule has 1 atom stereocenters. The lowest BCUT2D eigenvalue weighted by Gasteiger charge is -2.32. The predicted molar refractivity (Wildman–Crippen MR) is 60.4 cm³/mol. The normalized spacial score (nSPS) is 14.8. The number of unbranched alkanes of at least 4 members (excludes halogenated alkanes) is 1. The van der Waals surface area contributed by atoms with Crippen molar-refractivity contribution in [1.29, 1.82) is 0 Å². The summed E-state index contributed by atoms with van der Waals surface area (Å²) in [7, 11) is 0. The first-order valence-corrected chi connectivity index (χ1v) is 5.67. The average Bonchev–Trinajstić information content (AvgIpc) is 2.11. The lowest BCUT2D eigenvalue weighted by Crippen LogP contribution is -2.37. The van der Waals surface area contributed by atoms with Gasteiger partial charge in [0.15, 0.2) is 0 Å². The molecule has 2 nitrogen and oxygen atoms in total. The van der Waals surface area contributed by atoms with E-state index in [2.05, 4.69) is 20.8 Å². The van der Waals surface area contributed by atoms with Gasteiger partial charge >= 0.3 is 0 Å². The topological polar surface area (TPSA) is 29.5 Å². The fourth-order valence-corrected chi connectivity index (χ4v) is 1.57. The van der Waals surface area contributed by atoms with Crippen LogP contribution in [0.4, 0.5) is 0 Å². The van der Waals surface area contributed by atoms with Crippen LogP contribution in [0.25, 0.3) is 0 Å². The highest BCUT2D eigenvalue weighted by Gasteiger charge is 2.30. The SMILES string of the molecule is CCCCOCC(C)(C)C(O)C(C)C. The standard InChI is InChI=1S/C12H26O2/c1-6-7-8-14-9-12(4,5)11(13)10(2)3/h10-11,13H,6-9H2,1-5H3. The highest BCUT2D eigenvalue weighted by molar-refractivity contribution is 4.79. The summed E-state index contributed by atoms with van der Waals surface area (Å²) in [5.74, 6) is 0.291. The fourth-order valence-electron chi connectivity index (χ4n) is 1.57. The van der Waals surface area contributed by atoms with Crippen molar-refractivity contribution in [2.45, 2.75) is 53.6 Å². The van der Waals surface area contributed by atoms with Crippen LogP contribution in [0.15, 0.2) is 0 Å². The second-order valence-corrected chi connectivity index (χ2v) is 5.08. The minimum Gasteiger partial charge on any atom is -0.392 e. The van der Waals surface area contributed by atoms with E-state index >= 15 is 0 Å². The average molecular weight is 202 g/mol. The van der Waals surface area contributed by atoms with Gasteiger partial charge in [0.2, 0.25) is 0 Å². The Bertz CT molecular complexity index is 141. The maximum absolute atomic E-state index is 9.93. The minimum atomic E-state index is -0.288. The van der Waals surface area contributed by atoms with Gasteiger partial charge in [-0.15, -0.1) is 0 Å². The van der Waals surface area contributed by atoms with E-state index in [-0.39, 0.29) is 11.5 Å². The van der Waals surface area contributed by atoms with Crippen molar-refractivity contribution in [3.8, 4) is 0 Å². The van der Waals surface area contributed by atoms with Crippen molar-refractivity contribution in [1.82, 2.24) is 0 Å². The molecule has 0 aromatic heterocycles. The molecule has 0 aliphatic rings. The molecule has 86 valence electrons. The number of aliphatic hydroxyl groups excluding tert-OH is 1. The van der Waals surface area contributed by atoms with E-state index in [4.69, 9.17) is 4.74 Å². The Labute approximate surface area is 88.7 Å². The Balaban J connectivity index is 3.82. The van der Waals surface area contributed by atoms with Gasteiger partial charge in [-0.3, -0.25) is 0 Å². The Morgan fingerprint density at radius 2 is 1.86 bits per heavy atom. The van der Waals surface area contributed by atoms with Crippen LogP contribution < -0.4 is 0 Å². The van der Waals surface area contributed by atoms with Gasteiger partial charge in [-0.25, -0.2) is 0 Å². The number of rotatable bonds is 7. The summed E-state index contributed by atoms with van der Waals surface area (Å²) in [5, 5.41) is 9.93. The molecular formula is C12H26O2. The van der Waals surface area contributed by atoms with Gasteiger partial charge in [0.25, 0.3) is 0 Å². The van der Waals surface area contributed by atoms with Crippen LogP contribution in [0.3, 0.4) is 0 Å². The summed E-state index contributed by atoms with van der Waals surface area (Å²) in [6.07, 6.45) is 1.98. The van der Waals surface area contributed by atoms with E-state index in [0.29, 0.717) is 12.5 Å². The summed E-state index contributed by atoms with van der Waals surface area (Å²) in [5.41, 5.74) is -0.137. The summed E-state index contributed by atoms with van der Waals surface area (Å²) >= 11 is 0. The molecule has 1 unspecified atom stereocenters. The highest BCUT2D eigenvalue weighted by Crippen LogP contribution is 2.26. The first-order valence-electron chi connectivity index (χ1n) is 5.67. The second-order valence-electron chi connectivity index (χ2n) is 5.08. The smallest absolute Gasteiger partial charge is 0.0636 e. The molecule has 0 aliphatic heterocycles. The molecule has 0 aromatic carbocycles. The monoisotopic (exact) mass is 202 g/mol. The molecule has 14 heavy (non-hydrogen) atoms. The van der Waals surface area contributed by atoms with Gasteiger partial charge in [-0.2, -0.15) is 0 Å². The predicted octanol–water partition coefficient (Wildman–Crippen LogP) is 2.85. The van der Waals surface area contributed by atoms with Crippen LogP contribution in [0.1, 0.15) is 47.5 Å². The first-order chi connectivity index (χ1) is 6.41. The van der Waals surface area contributed by atoms with E-state index in [1.807, 2.05) is 13.8 Å². The van der Waals surface area contributed by atoms with Crippen molar-refractivity contribution in [3.05, 3.63) is 0 Å². The van der Waals surface area contributed by atoms with Crippen molar-refractivity contribution in [2.24, 2.45) is 11.3 Å². The Hall–Kier alpha value is -0.0800. The zero-order valence-electron chi connectivity index (χ0n) is 10.3. The molecule has 0 aliphatic carbocycles. The van der Waals surface area contributed by atoms with E-state index in [0.717, 1.165) is 19.4 Å². The summed E-state index contributed by atoms with van der Waals surface area (Å²) in [6, 6.07) is 0. The molecule has 0 radical (unpaired) electrons. The maximum atomic E-state index is 9.93. The van der Waals surface area contributed by atoms with Gasteiger partial charge < -0.3 is 9.84 Å². The molecule has 0 rings (SSSR count). The second kappa shape index (κ2) is 6.41. The van der Waals surface area contributed by atoms with Crippen molar-refractivity contribution >= 4 is 0 Å². The fraction of sp³-hybridized carbons (Fsp3) is 1.00. The van der Waals surface area contributed by atoms with Gasteiger partial charge in [-0.1, -0.05) is 41.0 Å². The molecule has 0 bridgehead atoms. The maximum Gasteiger partial charge on any atom is 0.0636 e. The van der Waals surface area contributed by atoms with Crippen LogP contribution in [0.5, 0.6) is 0 Å². The lowest BCUT2D eigenvalue weighted by atomic mass is 9.81. The third kappa shape index (κ3) is 4.97. The van der Waals surface area contributed by atoms with Crippen LogP contribution >= 0.6 is 0 Å². The van der Waals surface area contributed by atoms with Gasteiger partial charge in [0.1, 0.15) is 0 Å². The molecule has 0 spiro atoms. The van der Waals surface area contributed by atoms with E-state index in [1.54, 1.807) is 0 Å². The van der Waals surface area contributed by atoms with Crippen LogP contribution in [-0.2, 0) is 4.74 Å². The van der Waals surface area contributed by atoms with E-state index in [9.17, 15) is 5.11 Å². The zero-order valence-corrected chi connectivity index (χ0v) is 10.3. The van der Waals surface area contributed by atoms with E-state index < -0.39 is 0 Å². The Morgan fingerprint density at radius 3 is 2.29 bits per heavy atom. The third-order valence-corrected chi connectivity index (χ3v) is 2.55. The van der Waals surface area contributed by atoms with Crippen molar-refractivity contribution in [2.75, 3.05) is 13.2 Å². The van der Waals surface area contributed by atoms with Crippen LogP contribution in [-0.4, -0.2) is 24.4 Å². The number of aliphatic hydroxyl groups is 1.